The summed E-state index contributed by atoms with van der Waals surface area (Å²) in [6, 6.07) is 0.780. The minimum absolute atomic E-state index is 0.140. The maximum absolute atomic E-state index is 9.23. The van der Waals surface area contributed by atoms with Crippen LogP contribution in [0.5, 0.6) is 0 Å². The van der Waals surface area contributed by atoms with Crippen molar-refractivity contribution in [2.24, 2.45) is 5.41 Å². The van der Waals surface area contributed by atoms with Crippen molar-refractivity contribution in [3.05, 3.63) is 0 Å². The minimum Gasteiger partial charge on any atom is -0.393 e. The first-order valence-corrected chi connectivity index (χ1v) is 6.79. The molecule has 0 aromatic carbocycles. The Bertz CT molecular complexity index is 191. The van der Waals surface area contributed by atoms with Crippen LogP contribution >= 0.6 is 0 Å². The molecule has 0 spiro atoms. The third-order valence-electron chi connectivity index (χ3n) is 4.06. The van der Waals surface area contributed by atoms with Gasteiger partial charge in [0.15, 0.2) is 0 Å². The van der Waals surface area contributed by atoms with Gasteiger partial charge >= 0.3 is 0 Å². The van der Waals surface area contributed by atoms with Crippen LogP contribution in [0.1, 0.15) is 59.3 Å². The summed E-state index contributed by atoms with van der Waals surface area (Å²) < 4.78 is 0. The lowest BCUT2D eigenvalue weighted by Crippen LogP contribution is -2.37. The van der Waals surface area contributed by atoms with E-state index in [0.717, 1.165) is 25.4 Å². The second kappa shape index (κ2) is 6.02. The summed E-state index contributed by atoms with van der Waals surface area (Å²) >= 11 is 0. The molecule has 0 radical (unpaired) electrons. The Morgan fingerprint density at radius 1 is 1.31 bits per heavy atom. The normalized spacial score (nSPS) is 23.6. The van der Waals surface area contributed by atoms with Crippen molar-refractivity contribution in [2.45, 2.75) is 71.4 Å². The quantitative estimate of drug-likeness (QED) is 0.780. The van der Waals surface area contributed by atoms with Crippen LogP contribution < -0.4 is 0 Å². The molecule has 16 heavy (non-hydrogen) atoms. The first-order valence-electron chi connectivity index (χ1n) is 6.79. The van der Waals surface area contributed by atoms with E-state index < -0.39 is 0 Å². The van der Waals surface area contributed by atoms with Crippen molar-refractivity contribution in [1.29, 1.82) is 0 Å². The maximum Gasteiger partial charge on any atom is 0.0512 e. The Balaban J connectivity index is 2.20. The van der Waals surface area contributed by atoms with Gasteiger partial charge in [0.1, 0.15) is 0 Å². The zero-order valence-electron chi connectivity index (χ0n) is 11.5. The standard InChI is InChI=1S/C14H29NO/c1-12(16)6-5-11-15(4)13-7-9-14(2,3)10-8-13/h12-13,16H,5-11H2,1-4H3. The summed E-state index contributed by atoms with van der Waals surface area (Å²) in [6.45, 7) is 7.78. The van der Waals surface area contributed by atoms with Gasteiger partial charge in [-0.2, -0.15) is 0 Å². The number of rotatable bonds is 5. The zero-order chi connectivity index (χ0) is 12.2. The Labute approximate surface area is 101 Å². The van der Waals surface area contributed by atoms with Crippen LogP contribution in [0.4, 0.5) is 0 Å². The van der Waals surface area contributed by atoms with Gasteiger partial charge in [-0.1, -0.05) is 13.8 Å². The zero-order valence-corrected chi connectivity index (χ0v) is 11.5. The molecular weight excluding hydrogens is 198 g/mol. The molecule has 0 heterocycles. The van der Waals surface area contributed by atoms with E-state index in [1.54, 1.807) is 0 Å². The number of aliphatic hydroxyl groups is 1. The van der Waals surface area contributed by atoms with Crippen molar-refractivity contribution in [1.82, 2.24) is 4.90 Å². The second-order valence-corrected chi connectivity index (χ2v) is 6.37. The molecule has 2 heteroatoms. The SMILES string of the molecule is CC(O)CCCN(C)C1CCC(C)(C)CC1. The Morgan fingerprint density at radius 2 is 1.88 bits per heavy atom. The largest absolute Gasteiger partial charge is 0.393 e. The van der Waals surface area contributed by atoms with E-state index >= 15 is 0 Å². The average Bonchev–Trinajstić information content (AvgIpc) is 2.16. The molecule has 0 amide bonds. The predicted octanol–water partition coefficient (Wildman–Crippen LogP) is 3.05. The summed E-state index contributed by atoms with van der Waals surface area (Å²) in [5.74, 6) is 0. The third-order valence-corrected chi connectivity index (χ3v) is 4.06. The Kier molecular flexibility index (Phi) is 5.26. The van der Waals surface area contributed by atoms with Crippen molar-refractivity contribution in [3.8, 4) is 0 Å². The lowest BCUT2D eigenvalue weighted by molar-refractivity contribution is 0.119. The van der Waals surface area contributed by atoms with Crippen LogP contribution in [0.25, 0.3) is 0 Å². The highest BCUT2D eigenvalue weighted by atomic mass is 16.3. The molecule has 1 unspecified atom stereocenters. The van der Waals surface area contributed by atoms with Crippen molar-refractivity contribution >= 4 is 0 Å². The number of hydrogen-bond acceptors (Lipinski definition) is 2. The highest BCUT2D eigenvalue weighted by Gasteiger charge is 2.28. The van der Waals surface area contributed by atoms with Gasteiger partial charge in [-0.15, -0.1) is 0 Å². The first-order chi connectivity index (χ1) is 7.41. The predicted molar refractivity (Wildman–Crippen MR) is 69.6 cm³/mol. The number of hydrogen-bond donors (Lipinski definition) is 1. The maximum atomic E-state index is 9.23. The Morgan fingerprint density at radius 3 is 2.38 bits per heavy atom. The van der Waals surface area contributed by atoms with Gasteiger partial charge in [0, 0.05) is 6.04 Å². The van der Waals surface area contributed by atoms with Crippen molar-refractivity contribution < 1.29 is 5.11 Å². The Hall–Kier alpha value is -0.0800. The van der Waals surface area contributed by atoms with Crippen LogP contribution in [-0.2, 0) is 0 Å². The van der Waals surface area contributed by atoms with E-state index in [2.05, 4.69) is 25.8 Å². The third kappa shape index (κ3) is 4.84. The molecule has 0 saturated heterocycles. The molecule has 0 aliphatic heterocycles. The second-order valence-electron chi connectivity index (χ2n) is 6.37. The van der Waals surface area contributed by atoms with Gasteiger partial charge in [0.25, 0.3) is 0 Å². The monoisotopic (exact) mass is 227 g/mol. The summed E-state index contributed by atoms with van der Waals surface area (Å²) in [7, 11) is 2.24. The molecule has 0 aromatic rings. The summed E-state index contributed by atoms with van der Waals surface area (Å²) in [4.78, 5) is 2.50. The molecule has 1 atom stereocenters. The average molecular weight is 227 g/mol. The van der Waals surface area contributed by atoms with E-state index in [1.807, 2.05) is 6.92 Å². The fraction of sp³-hybridized carbons (Fsp3) is 1.00. The fourth-order valence-corrected chi connectivity index (χ4v) is 2.64. The van der Waals surface area contributed by atoms with Gasteiger partial charge in [-0.3, -0.25) is 0 Å². The fourth-order valence-electron chi connectivity index (χ4n) is 2.64. The molecular formula is C14H29NO. The van der Waals surface area contributed by atoms with E-state index in [1.165, 1.54) is 25.7 Å². The first kappa shape index (κ1) is 14.0. The molecule has 0 bridgehead atoms. The van der Waals surface area contributed by atoms with Crippen LogP contribution in [0.3, 0.4) is 0 Å². The lowest BCUT2D eigenvalue weighted by atomic mass is 9.75. The van der Waals surface area contributed by atoms with Gasteiger partial charge in [0.05, 0.1) is 6.10 Å². The molecule has 1 saturated carbocycles. The van der Waals surface area contributed by atoms with Gasteiger partial charge in [-0.05, 0) is 64.5 Å². The molecule has 1 N–H and O–H groups in total. The van der Waals surface area contributed by atoms with Crippen LogP contribution in [-0.4, -0.2) is 35.7 Å². The summed E-state index contributed by atoms with van der Waals surface area (Å²) in [6.07, 6.45) is 7.32. The lowest BCUT2D eigenvalue weighted by Gasteiger charge is -2.38. The smallest absolute Gasteiger partial charge is 0.0512 e. The molecule has 1 fully saturated rings. The van der Waals surface area contributed by atoms with E-state index in [0.29, 0.717) is 5.41 Å². The van der Waals surface area contributed by atoms with Crippen LogP contribution in [0, 0.1) is 5.41 Å². The van der Waals surface area contributed by atoms with Gasteiger partial charge in [0.2, 0.25) is 0 Å². The summed E-state index contributed by atoms with van der Waals surface area (Å²) in [5, 5.41) is 9.23. The number of nitrogens with zero attached hydrogens (tertiary/aromatic N) is 1. The number of aliphatic hydroxyl groups excluding tert-OH is 1. The molecule has 1 aliphatic rings. The molecule has 1 aliphatic carbocycles. The van der Waals surface area contributed by atoms with Crippen LogP contribution in [0.15, 0.2) is 0 Å². The topological polar surface area (TPSA) is 23.5 Å². The molecule has 2 nitrogen and oxygen atoms in total. The van der Waals surface area contributed by atoms with E-state index in [9.17, 15) is 5.11 Å². The highest BCUT2D eigenvalue weighted by Crippen LogP contribution is 2.36. The van der Waals surface area contributed by atoms with Crippen molar-refractivity contribution in [2.75, 3.05) is 13.6 Å². The van der Waals surface area contributed by atoms with Gasteiger partial charge < -0.3 is 10.0 Å². The van der Waals surface area contributed by atoms with E-state index in [-0.39, 0.29) is 6.10 Å². The van der Waals surface area contributed by atoms with E-state index in [4.69, 9.17) is 0 Å². The molecule has 96 valence electrons. The van der Waals surface area contributed by atoms with Crippen LogP contribution in [0.2, 0.25) is 0 Å². The molecule has 0 aromatic heterocycles. The minimum atomic E-state index is -0.140. The van der Waals surface area contributed by atoms with Gasteiger partial charge in [-0.25, -0.2) is 0 Å². The highest BCUT2D eigenvalue weighted by molar-refractivity contribution is 4.82. The molecule has 1 rings (SSSR count). The summed E-state index contributed by atoms with van der Waals surface area (Å²) in [5.41, 5.74) is 0.566. The van der Waals surface area contributed by atoms with Crippen molar-refractivity contribution in [3.63, 3.8) is 0 Å².